The van der Waals surface area contributed by atoms with Gasteiger partial charge >= 0.3 is 6.01 Å². The number of aromatic nitrogens is 3. The molecule has 1 atom stereocenters. The van der Waals surface area contributed by atoms with Crippen LogP contribution in [0.2, 0.25) is 5.28 Å². The lowest BCUT2D eigenvalue weighted by Crippen LogP contribution is -2.41. The molecule has 1 unspecified atom stereocenters. The largest absolute Gasteiger partial charge is 0.463 e. The van der Waals surface area contributed by atoms with Crippen molar-refractivity contribution in [2.24, 2.45) is 0 Å². The highest BCUT2D eigenvalue weighted by atomic mass is 35.5. The number of halogens is 1. The van der Waals surface area contributed by atoms with Crippen LogP contribution in [0.1, 0.15) is 39.0 Å². The zero-order chi connectivity index (χ0) is 14.4. The summed E-state index contributed by atoms with van der Waals surface area (Å²) in [5.41, 5.74) is 0. The molecule has 2 heterocycles. The molecule has 0 saturated carbocycles. The van der Waals surface area contributed by atoms with Crippen molar-refractivity contribution >= 4 is 17.5 Å². The van der Waals surface area contributed by atoms with E-state index in [2.05, 4.69) is 19.9 Å². The highest BCUT2D eigenvalue weighted by molar-refractivity contribution is 6.28. The predicted octanol–water partition coefficient (Wildman–Crippen LogP) is 2.06. The molecule has 1 fully saturated rings. The van der Waals surface area contributed by atoms with Gasteiger partial charge < -0.3 is 14.7 Å². The summed E-state index contributed by atoms with van der Waals surface area (Å²) >= 11 is 5.95. The van der Waals surface area contributed by atoms with E-state index in [9.17, 15) is 5.11 Å². The highest BCUT2D eigenvalue weighted by Gasteiger charge is 2.25. The summed E-state index contributed by atoms with van der Waals surface area (Å²) in [6.45, 7) is 3.61. The molecule has 7 heteroatoms. The number of hydrogen-bond acceptors (Lipinski definition) is 6. The molecule has 0 aromatic carbocycles. The van der Waals surface area contributed by atoms with Crippen LogP contribution >= 0.6 is 11.6 Å². The van der Waals surface area contributed by atoms with E-state index in [1.165, 1.54) is 6.42 Å². The smallest absolute Gasteiger partial charge is 0.322 e. The molecule has 112 valence electrons. The first-order valence-corrected chi connectivity index (χ1v) is 7.54. The molecule has 1 saturated heterocycles. The zero-order valence-corrected chi connectivity index (χ0v) is 12.5. The van der Waals surface area contributed by atoms with E-state index in [4.69, 9.17) is 16.3 Å². The topological polar surface area (TPSA) is 71.4 Å². The van der Waals surface area contributed by atoms with E-state index < -0.39 is 0 Å². The molecule has 0 bridgehead atoms. The standard InChI is InChI=1S/C13H21ClN4O2/c1-2-9-20-13-16-11(14)15-12(17-13)18-7-4-3-5-10(18)6-8-19/h10,19H,2-9H2,1H3. The SMILES string of the molecule is CCCOc1nc(Cl)nc(N2CCCCC2CCO)n1. The van der Waals surface area contributed by atoms with Crippen LogP contribution in [0.15, 0.2) is 0 Å². The van der Waals surface area contributed by atoms with Gasteiger partial charge in [0.15, 0.2) is 0 Å². The number of piperidine rings is 1. The van der Waals surface area contributed by atoms with Crippen LogP contribution in [0.25, 0.3) is 0 Å². The minimum absolute atomic E-state index is 0.148. The van der Waals surface area contributed by atoms with Gasteiger partial charge in [-0.3, -0.25) is 0 Å². The Bertz CT molecular complexity index is 431. The summed E-state index contributed by atoms with van der Waals surface area (Å²) in [6, 6.07) is 0.529. The van der Waals surface area contributed by atoms with Gasteiger partial charge in [0.05, 0.1) is 6.61 Å². The number of anilines is 1. The Kier molecular flexibility index (Phi) is 5.79. The molecule has 6 nitrogen and oxygen atoms in total. The molecular weight excluding hydrogens is 280 g/mol. The molecule has 1 aromatic rings. The Balaban J connectivity index is 2.18. The molecule has 1 aliphatic rings. The second-order valence-corrected chi connectivity index (χ2v) is 5.23. The maximum Gasteiger partial charge on any atom is 0.322 e. The summed E-state index contributed by atoms with van der Waals surface area (Å²) in [5.74, 6) is 0.550. The van der Waals surface area contributed by atoms with Gasteiger partial charge in [-0.25, -0.2) is 0 Å². The molecule has 2 rings (SSSR count). The van der Waals surface area contributed by atoms with Crippen molar-refractivity contribution in [2.75, 3.05) is 24.7 Å². The Hall–Kier alpha value is -1.14. The molecule has 0 radical (unpaired) electrons. The van der Waals surface area contributed by atoms with E-state index in [0.717, 1.165) is 25.8 Å². The average Bonchev–Trinajstić information content (AvgIpc) is 2.45. The van der Waals surface area contributed by atoms with E-state index in [1.54, 1.807) is 0 Å². The maximum absolute atomic E-state index is 9.18. The second-order valence-electron chi connectivity index (χ2n) is 4.89. The van der Waals surface area contributed by atoms with Crippen LogP contribution in [0.3, 0.4) is 0 Å². The van der Waals surface area contributed by atoms with Gasteiger partial charge in [0, 0.05) is 19.2 Å². The Morgan fingerprint density at radius 3 is 2.95 bits per heavy atom. The van der Waals surface area contributed by atoms with Crippen molar-refractivity contribution in [3.8, 4) is 6.01 Å². The van der Waals surface area contributed by atoms with Gasteiger partial charge in [0.25, 0.3) is 0 Å². The molecule has 1 N–H and O–H groups in total. The van der Waals surface area contributed by atoms with Crippen molar-refractivity contribution in [3.05, 3.63) is 5.28 Å². The van der Waals surface area contributed by atoms with Crippen molar-refractivity contribution in [1.29, 1.82) is 0 Å². The number of aliphatic hydroxyl groups is 1. The monoisotopic (exact) mass is 300 g/mol. The van der Waals surface area contributed by atoms with E-state index in [0.29, 0.717) is 19.0 Å². The van der Waals surface area contributed by atoms with Crippen LogP contribution < -0.4 is 9.64 Å². The minimum Gasteiger partial charge on any atom is -0.463 e. The Morgan fingerprint density at radius 1 is 1.35 bits per heavy atom. The number of nitrogens with zero attached hydrogens (tertiary/aromatic N) is 4. The molecular formula is C13H21ClN4O2. The van der Waals surface area contributed by atoms with E-state index in [-0.39, 0.29) is 23.9 Å². The first kappa shape index (κ1) is 15.3. The lowest BCUT2D eigenvalue weighted by Gasteiger charge is -2.35. The summed E-state index contributed by atoms with van der Waals surface area (Å²) in [7, 11) is 0. The normalized spacial score (nSPS) is 19.1. The fraction of sp³-hybridized carbons (Fsp3) is 0.769. The second kappa shape index (κ2) is 7.59. The average molecular weight is 301 g/mol. The van der Waals surface area contributed by atoms with Gasteiger partial charge in [-0.1, -0.05) is 6.92 Å². The lowest BCUT2D eigenvalue weighted by molar-refractivity contribution is 0.260. The van der Waals surface area contributed by atoms with E-state index >= 15 is 0 Å². The number of ether oxygens (including phenoxy) is 1. The third kappa shape index (κ3) is 3.93. The summed E-state index contributed by atoms with van der Waals surface area (Å²) in [4.78, 5) is 14.6. The first-order valence-electron chi connectivity index (χ1n) is 7.16. The van der Waals surface area contributed by atoms with Crippen molar-refractivity contribution in [3.63, 3.8) is 0 Å². The van der Waals surface area contributed by atoms with Crippen molar-refractivity contribution < 1.29 is 9.84 Å². The summed E-state index contributed by atoms with van der Waals surface area (Å²) < 4.78 is 5.44. The van der Waals surface area contributed by atoms with Gasteiger partial charge in [-0.2, -0.15) is 15.0 Å². The van der Waals surface area contributed by atoms with Gasteiger partial charge in [-0.15, -0.1) is 0 Å². The zero-order valence-electron chi connectivity index (χ0n) is 11.8. The van der Waals surface area contributed by atoms with E-state index in [1.807, 2.05) is 6.92 Å². The molecule has 0 spiro atoms. The quantitative estimate of drug-likeness (QED) is 0.867. The van der Waals surface area contributed by atoms with Crippen LogP contribution in [0, 0.1) is 0 Å². The molecule has 1 aliphatic heterocycles. The van der Waals surface area contributed by atoms with Crippen molar-refractivity contribution in [1.82, 2.24) is 15.0 Å². The molecule has 1 aromatic heterocycles. The Morgan fingerprint density at radius 2 is 2.20 bits per heavy atom. The summed E-state index contributed by atoms with van der Waals surface area (Å²) in [5, 5.41) is 9.33. The Labute approximate surface area is 124 Å². The van der Waals surface area contributed by atoms with Crippen LogP contribution in [0.4, 0.5) is 5.95 Å². The van der Waals surface area contributed by atoms with Crippen LogP contribution in [-0.4, -0.2) is 45.9 Å². The molecule has 20 heavy (non-hydrogen) atoms. The number of hydrogen-bond donors (Lipinski definition) is 1. The summed E-state index contributed by atoms with van der Waals surface area (Å²) in [6.07, 6.45) is 4.90. The number of rotatable bonds is 6. The minimum atomic E-state index is 0.148. The lowest BCUT2D eigenvalue weighted by atomic mass is 10.0. The van der Waals surface area contributed by atoms with Crippen LogP contribution in [-0.2, 0) is 0 Å². The fourth-order valence-corrected chi connectivity index (χ4v) is 2.57. The van der Waals surface area contributed by atoms with Crippen LogP contribution in [0.5, 0.6) is 6.01 Å². The molecule has 0 amide bonds. The first-order chi connectivity index (χ1) is 9.74. The molecule has 0 aliphatic carbocycles. The van der Waals surface area contributed by atoms with Gasteiger partial charge in [-0.05, 0) is 43.7 Å². The van der Waals surface area contributed by atoms with Gasteiger partial charge in [0.1, 0.15) is 0 Å². The van der Waals surface area contributed by atoms with Gasteiger partial charge in [0.2, 0.25) is 11.2 Å². The predicted molar refractivity (Wildman–Crippen MR) is 77.3 cm³/mol. The third-order valence-electron chi connectivity index (χ3n) is 3.36. The fourth-order valence-electron chi connectivity index (χ4n) is 2.42. The highest BCUT2D eigenvalue weighted by Crippen LogP contribution is 2.25. The number of aliphatic hydroxyl groups excluding tert-OH is 1. The third-order valence-corrected chi connectivity index (χ3v) is 3.53. The van der Waals surface area contributed by atoms with Crippen molar-refractivity contribution in [2.45, 2.75) is 45.1 Å². The maximum atomic E-state index is 9.18.